The number of rotatable bonds is 7. The average Bonchev–Trinajstić information content (AvgIpc) is 3.20. The summed E-state index contributed by atoms with van der Waals surface area (Å²) < 4.78 is 11.9. The number of likely N-dealkylation sites (N-methyl/N-ethyl adjacent to an activating group) is 1. The van der Waals surface area contributed by atoms with Gasteiger partial charge in [-0.2, -0.15) is 0 Å². The number of carbonyl (C=O) groups excluding carboxylic acids is 2. The van der Waals surface area contributed by atoms with Crippen molar-refractivity contribution in [1.82, 2.24) is 4.90 Å². The summed E-state index contributed by atoms with van der Waals surface area (Å²) in [6.45, 7) is 2.53. The summed E-state index contributed by atoms with van der Waals surface area (Å²) in [7, 11) is 1.70. The van der Waals surface area contributed by atoms with E-state index in [9.17, 15) is 9.59 Å². The van der Waals surface area contributed by atoms with Crippen molar-refractivity contribution in [3.8, 4) is 5.75 Å². The molecule has 4 aromatic carbocycles. The van der Waals surface area contributed by atoms with Gasteiger partial charge in [0.25, 0.3) is 5.91 Å². The molecule has 0 atom stereocenters. The van der Waals surface area contributed by atoms with Crippen molar-refractivity contribution in [3.63, 3.8) is 0 Å². The molecule has 1 amide bonds. The zero-order valence-corrected chi connectivity index (χ0v) is 23.8. The van der Waals surface area contributed by atoms with Crippen molar-refractivity contribution < 1.29 is 19.1 Å². The van der Waals surface area contributed by atoms with Gasteiger partial charge in [0, 0.05) is 7.05 Å². The molecule has 1 saturated heterocycles. The van der Waals surface area contributed by atoms with E-state index in [4.69, 9.17) is 9.47 Å². The van der Waals surface area contributed by atoms with Gasteiger partial charge in [-0.15, -0.1) is 0 Å². The van der Waals surface area contributed by atoms with Gasteiger partial charge in [-0.3, -0.25) is 9.69 Å². The number of amides is 1. The van der Waals surface area contributed by atoms with Gasteiger partial charge in [0.05, 0.1) is 27.2 Å². The molecule has 0 saturated carbocycles. The van der Waals surface area contributed by atoms with E-state index in [-0.39, 0.29) is 11.9 Å². The molecule has 0 bridgehead atoms. The molecule has 0 N–H and O–H groups in total. The van der Waals surface area contributed by atoms with Crippen LogP contribution >= 0.6 is 27.7 Å². The van der Waals surface area contributed by atoms with Crippen LogP contribution in [-0.4, -0.2) is 35.6 Å². The molecule has 0 aliphatic carbocycles. The van der Waals surface area contributed by atoms with Crippen molar-refractivity contribution >= 4 is 67.3 Å². The molecule has 1 fully saturated rings. The van der Waals surface area contributed by atoms with Crippen molar-refractivity contribution in [1.29, 1.82) is 0 Å². The molecule has 0 spiro atoms. The second-order valence-corrected chi connectivity index (χ2v) is 10.6. The number of aliphatic imine (C=N–C) groups is 1. The van der Waals surface area contributed by atoms with E-state index in [1.165, 1.54) is 27.4 Å². The van der Waals surface area contributed by atoms with E-state index in [2.05, 4.69) is 45.2 Å². The smallest absolute Gasteiger partial charge is 0.338 e. The number of hydrogen-bond donors (Lipinski definition) is 0. The lowest BCUT2D eigenvalue weighted by molar-refractivity contribution is -0.121. The fourth-order valence-electron chi connectivity index (χ4n) is 4.10. The fraction of sp³-hybridized carbons (Fsp3) is 0.129. The Kier molecular flexibility index (Phi) is 8.14. The molecular formula is C31H25BrN2O4S. The number of hydrogen-bond acceptors (Lipinski definition) is 6. The monoisotopic (exact) mass is 600 g/mol. The minimum atomic E-state index is -0.374. The maximum atomic E-state index is 12.9. The van der Waals surface area contributed by atoms with E-state index >= 15 is 0 Å². The Hall–Kier alpha value is -3.88. The van der Waals surface area contributed by atoms with Crippen LogP contribution in [0.3, 0.4) is 0 Å². The number of benzene rings is 4. The third-order valence-corrected chi connectivity index (χ3v) is 7.80. The number of nitrogens with zero attached hydrogens (tertiary/aromatic N) is 2. The van der Waals surface area contributed by atoms with Gasteiger partial charge in [-0.1, -0.05) is 48.5 Å². The van der Waals surface area contributed by atoms with Crippen LogP contribution in [0.4, 0.5) is 5.69 Å². The highest BCUT2D eigenvalue weighted by atomic mass is 79.9. The molecule has 196 valence electrons. The molecule has 6 nitrogen and oxygen atoms in total. The number of thioether (sulfide) groups is 1. The molecule has 1 aliphatic rings. The first-order valence-corrected chi connectivity index (χ1v) is 14.0. The van der Waals surface area contributed by atoms with Gasteiger partial charge < -0.3 is 9.47 Å². The van der Waals surface area contributed by atoms with Gasteiger partial charge in [-0.25, -0.2) is 9.79 Å². The highest BCUT2D eigenvalue weighted by Crippen LogP contribution is 2.35. The maximum Gasteiger partial charge on any atom is 0.338 e. The lowest BCUT2D eigenvalue weighted by atomic mass is 10.1. The van der Waals surface area contributed by atoms with E-state index in [1.807, 2.05) is 42.5 Å². The standard InChI is InChI=1S/C31H25BrN2O4S/c1-3-37-30(36)22-12-14-24(15-13-22)33-31-34(2)29(35)28(39-31)18-20-11-16-27(26(32)17-20)38-19-23-9-6-8-21-7-4-5-10-25(21)23/h4-18H,3,19H2,1-2H3/b28-18-,33-31?. The normalized spacial score (nSPS) is 15.4. The zero-order valence-electron chi connectivity index (χ0n) is 21.4. The SMILES string of the molecule is CCOC(=O)c1ccc(N=C2S/C(=C\c3ccc(OCc4cccc5ccccc45)c(Br)c3)C(=O)N2C)cc1. The summed E-state index contributed by atoms with van der Waals surface area (Å²) in [6.07, 6.45) is 1.84. The molecule has 8 heteroatoms. The highest BCUT2D eigenvalue weighted by molar-refractivity contribution is 9.10. The molecule has 0 radical (unpaired) electrons. The van der Waals surface area contributed by atoms with Gasteiger partial charge >= 0.3 is 5.97 Å². The summed E-state index contributed by atoms with van der Waals surface area (Å²) in [4.78, 5) is 31.5. The first-order valence-electron chi connectivity index (χ1n) is 12.4. The Labute approximate surface area is 239 Å². The Morgan fingerprint density at radius 3 is 2.56 bits per heavy atom. The van der Waals surface area contributed by atoms with E-state index in [0.29, 0.717) is 34.5 Å². The topological polar surface area (TPSA) is 68.2 Å². The molecule has 0 unspecified atom stereocenters. The number of esters is 1. The van der Waals surface area contributed by atoms with Crippen molar-refractivity contribution in [2.45, 2.75) is 13.5 Å². The van der Waals surface area contributed by atoms with Crippen molar-refractivity contribution in [2.75, 3.05) is 13.7 Å². The largest absolute Gasteiger partial charge is 0.488 e. The predicted octanol–water partition coefficient (Wildman–Crippen LogP) is 7.59. The van der Waals surface area contributed by atoms with Crippen LogP contribution in [-0.2, 0) is 16.1 Å². The first kappa shape index (κ1) is 26.7. The predicted molar refractivity (Wildman–Crippen MR) is 160 cm³/mol. The van der Waals surface area contributed by atoms with Crippen LogP contribution in [0.2, 0.25) is 0 Å². The van der Waals surface area contributed by atoms with Gasteiger partial charge in [0.1, 0.15) is 12.4 Å². The minimum Gasteiger partial charge on any atom is -0.488 e. The summed E-state index contributed by atoms with van der Waals surface area (Å²) in [5.74, 6) is 0.219. The molecule has 39 heavy (non-hydrogen) atoms. The Bertz CT molecular complexity index is 1610. The lowest BCUT2D eigenvalue weighted by Crippen LogP contribution is -2.23. The van der Waals surface area contributed by atoms with Crippen molar-refractivity contribution in [2.24, 2.45) is 4.99 Å². The Balaban J connectivity index is 1.29. The average molecular weight is 602 g/mol. The molecule has 5 rings (SSSR count). The molecule has 4 aromatic rings. The number of carbonyl (C=O) groups is 2. The van der Waals surface area contributed by atoms with Crippen molar-refractivity contribution in [3.05, 3.63) is 111 Å². The summed E-state index contributed by atoms with van der Waals surface area (Å²) in [6, 6.07) is 27.0. The van der Waals surface area contributed by atoms with Crippen LogP contribution in [0.15, 0.2) is 99.3 Å². The molecule has 0 aromatic heterocycles. The molecule has 1 aliphatic heterocycles. The number of halogens is 1. The summed E-state index contributed by atoms with van der Waals surface area (Å²) in [5.41, 5.74) is 3.08. The summed E-state index contributed by atoms with van der Waals surface area (Å²) >= 11 is 4.92. The zero-order chi connectivity index (χ0) is 27.4. The van der Waals surface area contributed by atoms with E-state index in [1.54, 1.807) is 38.2 Å². The second kappa shape index (κ2) is 11.9. The second-order valence-electron chi connectivity index (χ2n) is 8.75. The van der Waals surface area contributed by atoms with E-state index in [0.717, 1.165) is 21.3 Å². The third-order valence-electron chi connectivity index (χ3n) is 6.12. The van der Waals surface area contributed by atoms with Crippen LogP contribution in [0, 0.1) is 0 Å². The number of amidine groups is 1. The number of fused-ring (bicyclic) bond motifs is 1. The maximum absolute atomic E-state index is 12.9. The van der Waals surface area contributed by atoms with Crippen LogP contribution in [0.25, 0.3) is 16.8 Å². The van der Waals surface area contributed by atoms with Crippen LogP contribution < -0.4 is 4.74 Å². The quantitative estimate of drug-likeness (QED) is 0.161. The van der Waals surface area contributed by atoms with Gasteiger partial charge in [0.2, 0.25) is 0 Å². The molecule has 1 heterocycles. The first-order chi connectivity index (χ1) is 18.9. The van der Waals surface area contributed by atoms with E-state index < -0.39 is 0 Å². The van der Waals surface area contributed by atoms with Crippen LogP contribution in [0.1, 0.15) is 28.4 Å². The van der Waals surface area contributed by atoms with Crippen LogP contribution in [0.5, 0.6) is 5.75 Å². The van der Waals surface area contributed by atoms with Gasteiger partial charge in [-0.05, 0) is 99.0 Å². The highest BCUT2D eigenvalue weighted by Gasteiger charge is 2.30. The van der Waals surface area contributed by atoms with Gasteiger partial charge in [0.15, 0.2) is 5.17 Å². The fourth-order valence-corrected chi connectivity index (χ4v) is 5.60. The minimum absolute atomic E-state index is 0.130. The Morgan fingerprint density at radius 2 is 1.79 bits per heavy atom. The Morgan fingerprint density at radius 1 is 1.03 bits per heavy atom. The third kappa shape index (κ3) is 6.08. The lowest BCUT2D eigenvalue weighted by Gasteiger charge is -2.11. The number of ether oxygens (including phenoxy) is 2. The summed E-state index contributed by atoms with van der Waals surface area (Å²) in [5, 5.41) is 2.91. The molecular weight excluding hydrogens is 576 g/mol.